The number of hydrogen-bond donors (Lipinski definition) is 2. The number of hydrogen-bond acceptors (Lipinski definition) is 6. The Labute approximate surface area is 244 Å². The number of carbonyl (C=O) groups excluding carboxylic acids is 2. The fraction of sp³-hybridized carbons (Fsp3) is 0.656. The topological polar surface area (TPSA) is 97.7 Å². The maximum absolute atomic E-state index is 13.8. The van der Waals surface area contributed by atoms with E-state index in [1.165, 1.54) is 19.3 Å². The lowest BCUT2D eigenvalue weighted by atomic mass is 9.89. The molecule has 2 aromatic rings. The van der Waals surface area contributed by atoms with Crippen LogP contribution in [0.3, 0.4) is 0 Å². The molecular weight excluding hydrogens is 518 g/mol. The molecule has 224 valence electrons. The minimum absolute atomic E-state index is 0.0271. The molecule has 0 radical (unpaired) electrons. The number of piperidine rings is 1. The summed E-state index contributed by atoms with van der Waals surface area (Å²) >= 11 is 0. The molecule has 1 aromatic heterocycles. The molecule has 2 heterocycles. The zero-order valence-corrected chi connectivity index (χ0v) is 25.0. The average Bonchev–Trinajstić information content (AvgIpc) is 3.64. The van der Waals surface area contributed by atoms with Gasteiger partial charge in [0.05, 0.1) is 31.5 Å². The number of rotatable bonds is 12. The quantitative estimate of drug-likeness (QED) is 0.378. The van der Waals surface area contributed by atoms with Crippen molar-refractivity contribution in [1.29, 1.82) is 0 Å². The molecule has 3 aliphatic rings. The van der Waals surface area contributed by atoms with Crippen LogP contribution in [0.4, 0.5) is 0 Å². The Morgan fingerprint density at radius 1 is 1.00 bits per heavy atom. The minimum Gasteiger partial charge on any atom is -0.496 e. The summed E-state index contributed by atoms with van der Waals surface area (Å²) in [6.45, 7) is 2.22. The second kappa shape index (κ2) is 13.7. The third-order valence-corrected chi connectivity index (χ3v) is 9.32. The van der Waals surface area contributed by atoms with Gasteiger partial charge in [-0.3, -0.25) is 14.3 Å². The van der Waals surface area contributed by atoms with E-state index in [1.54, 1.807) is 14.2 Å². The van der Waals surface area contributed by atoms with Crippen molar-refractivity contribution in [3.05, 3.63) is 30.0 Å². The molecular formula is C32H47N5O4. The van der Waals surface area contributed by atoms with Gasteiger partial charge in [0.1, 0.15) is 11.5 Å². The highest BCUT2D eigenvalue weighted by Crippen LogP contribution is 2.41. The predicted octanol–water partition coefficient (Wildman–Crippen LogP) is 4.96. The third kappa shape index (κ3) is 7.23. The Kier molecular flexibility index (Phi) is 9.85. The van der Waals surface area contributed by atoms with E-state index in [4.69, 9.17) is 14.6 Å². The molecule has 5 rings (SSSR count). The highest BCUT2D eigenvalue weighted by Gasteiger charge is 2.29. The predicted molar refractivity (Wildman–Crippen MR) is 159 cm³/mol. The van der Waals surface area contributed by atoms with Gasteiger partial charge in [-0.25, -0.2) is 0 Å². The van der Waals surface area contributed by atoms with Gasteiger partial charge >= 0.3 is 0 Å². The second-order valence-corrected chi connectivity index (χ2v) is 12.2. The van der Waals surface area contributed by atoms with Crippen LogP contribution in [0.15, 0.2) is 24.3 Å². The van der Waals surface area contributed by atoms with Crippen LogP contribution in [0.1, 0.15) is 93.6 Å². The van der Waals surface area contributed by atoms with E-state index in [2.05, 4.69) is 22.6 Å². The number of nitrogens with one attached hydrogen (secondary N) is 2. The molecule has 9 nitrogen and oxygen atoms in total. The zero-order valence-electron chi connectivity index (χ0n) is 25.0. The SMILES string of the molecule is COc1cccc(OC)c1-c1cc(C(=O)N[C@@H](CCC2CCN(C)CC2)CC(=O)NC2CCC2)nn1C1CCCC1. The van der Waals surface area contributed by atoms with Crippen molar-refractivity contribution in [2.45, 2.75) is 95.2 Å². The summed E-state index contributed by atoms with van der Waals surface area (Å²) in [5.74, 6) is 1.78. The first kappa shape index (κ1) is 29.4. The van der Waals surface area contributed by atoms with Gasteiger partial charge in [0.15, 0.2) is 5.69 Å². The molecule has 2 N–H and O–H groups in total. The van der Waals surface area contributed by atoms with Crippen LogP contribution in [-0.4, -0.2) is 72.9 Å². The summed E-state index contributed by atoms with van der Waals surface area (Å²) in [4.78, 5) is 29.0. The molecule has 1 saturated heterocycles. The normalized spacial score (nSPS) is 19.5. The molecule has 2 aliphatic carbocycles. The second-order valence-electron chi connectivity index (χ2n) is 12.2. The van der Waals surface area contributed by atoms with Crippen molar-refractivity contribution in [2.24, 2.45) is 5.92 Å². The van der Waals surface area contributed by atoms with Gasteiger partial charge in [-0.05, 0) is 102 Å². The number of likely N-dealkylation sites (tertiary alicyclic amines) is 1. The number of benzene rings is 1. The van der Waals surface area contributed by atoms with Gasteiger partial charge in [-0.2, -0.15) is 5.10 Å². The molecule has 0 spiro atoms. The molecule has 2 saturated carbocycles. The number of aromatic nitrogens is 2. The Bertz CT molecular complexity index is 1160. The Morgan fingerprint density at radius 2 is 1.68 bits per heavy atom. The molecule has 9 heteroatoms. The van der Waals surface area contributed by atoms with Crippen molar-refractivity contribution in [1.82, 2.24) is 25.3 Å². The Balaban J connectivity index is 1.36. The van der Waals surface area contributed by atoms with Gasteiger partial charge in [0.2, 0.25) is 5.91 Å². The van der Waals surface area contributed by atoms with E-state index in [-0.39, 0.29) is 29.9 Å². The summed E-state index contributed by atoms with van der Waals surface area (Å²) in [7, 11) is 5.46. The highest BCUT2D eigenvalue weighted by atomic mass is 16.5. The Morgan fingerprint density at radius 3 is 2.29 bits per heavy atom. The lowest BCUT2D eigenvalue weighted by Gasteiger charge is -2.30. The lowest BCUT2D eigenvalue weighted by molar-refractivity contribution is -0.122. The third-order valence-electron chi connectivity index (χ3n) is 9.32. The van der Waals surface area contributed by atoms with E-state index >= 15 is 0 Å². The van der Waals surface area contributed by atoms with E-state index < -0.39 is 0 Å². The van der Waals surface area contributed by atoms with Crippen LogP contribution in [0, 0.1) is 5.92 Å². The summed E-state index contributed by atoms with van der Waals surface area (Å²) in [6.07, 6.45) is 12.0. The molecule has 2 amide bonds. The largest absolute Gasteiger partial charge is 0.496 e. The number of methoxy groups -OCH3 is 2. The lowest BCUT2D eigenvalue weighted by Crippen LogP contribution is -2.44. The first-order valence-corrected chi connectivity index (χ1v) is 15.5. The van der Waals surface area contributed by atoms with Gasteiger partial charge in [-0.1, -0.05) is 18.9 Å². The number of ether oxygens (including phenoxy) is 2. The summed E-state index contributed by atoms with van der Waals surface area (Å²) in [5, 5.41) is 11.2. The fourth-order valence-electron chi connectivity index (χ4n) is 6.56. The number of amides is 2. The molecule has 41 heavy (non-hydrogen) atoms. The minimum atomic E-state index is -0.235. The molecule has 0 bridgehead atoms. The van der Waals surface area contributed by atoms with Crippen LogP contribution in [-0.2, 0) is 4.79 Å². The van der Waals surface area contributed by atoms with E-state index in [0.717, 1.165) is 75.7 Å². The number of carbonyl (C=O) groups is 2. The van der Waals surface area contributed by atoms with E-state index in [9.17, 15) is 9.59 Å². The van der Waals surface area contributed by atoms with Gasteiger partial charge in [0.25, 0.3) is 5.91 Å². The van der Waals surface area contributed by atoms with Crippen LogP contribution in [0.25, 0.3) is 11.3 Å². The summed E-state index contributed by atoms with van der Waals surface area (Å²) in [5.41, 5.74) is 1.99. The Hall–Kier alpha value is -3.07. The van der Waals surface area contributed by atoms with E-state index in [1.807, 2.05) is 28.9 Å². The van der Waals surface area contributed by atoms with Crippen LogP contribution in [0.2, 0.25) is 0 Å². The first-order valence-electron chi connectivity index (χ1n) is 15.5. The summed E-state index contributed by atoms with van der Waals surface area (Å²) < 4.78 is 13.4. The van der Waals surface area contributed by atoms with Crippen molar-refractivity contribution >= 4 is 11.8 Å². The average molecular weight is 566 g/mol. The van der Waals surface area contributed by atoms with Crippen LogP contribution >= 0.6 is 0 Å². The monoisotopic (exact) mass is 565 g/mol. The number of nitrogens with zero attached hydrogens (tertiary/aromatic N) is 3. The molecule has 1 aromatic carbocycles. The maximum Gasteiger partial charge on any atom is 0.272 e. The van der Waals surface area contributed by atoms with Gasteiger partial charge in [0, 0.05) is 18.5 Å². The zero-order chi connectivity index (χ0) is 28.8. The molecule has 0 unspecified atom stereocenters. The van der Waals surface area contributed by atoms with E-state index in [0.29, 0.717) is 29.5 Å². The maximum atomic E-state index is 13.8. The van der Waals surface area contributed by atoms with Gasteiger partial charge < -0.3 is 25.0 Å². The van der Waals surface area contributed by atoms with Crippen molar-refractivity contribution in [2.75, 3.05) is 34.4 Å². The first-order chi connectivity index (χ1) is 19.9. The van der Waals surface area contributed by atoms with Crippen LogP contribution < -0.4 is 20.1 Å². The summed E-state index contributed by atoms with van der Waals surface area (Å²) in [6, 6.07) is 7.84. The standard InChI is InChI=1S/C32H47N5O4/c1-36-18-16-22(17-19-36)14-15-24(20-30(38)33-23-8-6-9-23)34-32(39)26-21-27(37(35-26)25-10-4-5-11-25)31-28(40-2)12-7-13-29(31)41-3/h7,12-13,21-25H,4-6,8-11,14-20H2,1-3H3,(H,33,38)(H,34,39)/t24-/m0/s1. The molecule has 1 aliphatic heterocycles. The molecule has 1 atom stereocenters. The van der Waals surface area contributed by atoms with Crippen molar-refractivity contribution in [3.63, 3.8) is 0 Å². The smallest absolute Gasteiger partial charge is 0.272 e. The highest BCUT2D eigenvalue weighted by molar-refractivity contribution is 5.94. The molecule has 3 fully saturated rings. The van der Waals surface area contributed by atoms with Gasteiger partial charge in [-0.15, -0.1) is 0 Å². The van der Waals surface area contributed by atoms with Crippen molar-refractivity contribution < 1.29 is 19.1 Å². The fourth-order valence-corrected chi connectivity index (χ4v) is 6.56. The van der Waals surface area contributed by atoms with Crippen molar-refractivity contribution in [3.8, 4) is 22.8 Å². The van der Waals surface area contributed by atoms with Crippen LogP contribution in [0.5, 0.6) is 11.5 Å².